The third-order valence-corrected chi connectivity index (χ3v) is 8.29. The van der Waals surface area contributed by atoms with Crippen molar-refractivity contribution >= 4 is 5.97 Å². The number of hydrogen-bond donors (Lipinski definition) is 1. The molecule has 0 saturated heterocycles. The van der Waals surface area contributed by atoms with Crippen LogP contribution in [0, 0.1) is 0 Å². The summed E-state index contributed by atoms with van der Waals surface area (Å²) in [5.74, 6) is 0.160. The van der Waals surface area contributed by atoms with Crippen LogP contribution in [-0.2, 0) is 17.8 Å². The Kier molecular flexibility index (Phi) is 12.9. The Bertz CT molecular complexity index is 1340. The molecule has 0 radical (unpaired) electrons. The lowest BCUT2D eigenvalue weighted by molar-refractivity contribution is -0.138. The predicted octanol–water partition coefficient (Wildman–Crippen LogP) is 9.74. The number of unbranched alkanes of at least 4 members (excludes halogenated alkanes) is 4. The molecular weight excluding hydrogens is 530 g/mol. The van der Waals surface area contributed by atoms with Gasteiger partial charge in [-0.1, -0.05) is 130 Å². The lowest BCUT2D eigenvalue weighted by atomic mass is 9.96. The molecule has 0 bridgehead atoms. The zero-order valence-corrected chi connectivity index (χ0v) is 25.8. The van der Waals surface area contributed by atoms with Crippen LogP contribution in [0.5, 0.6) is 5.75 Å². The van der Waals surface area contributed by atoms with E-state index in [1.807, 2.05) is 24.3 Å². The Labute approximate surface area is 258 Å². The van der Waals surface area contributed by atoms with Crippen LogP contribution in [0.3, 0.4) is 0 Å². The normalized spacial score (nSPS) is 12.6. The largest absolute Gasteiger partial charge is 0.494 e. The van der Waals surface area contributed by atoms with Gasteiger partial charge in [-0.3, -0.25) is 9.69 Å². The predicted molar refractivity (Wildman–Crippen MR) is 177 cm³/mol. The number of carboxylic acid groups (broad SMARTS) is 1. The van der Waals surface area contributed by atoms with Crippen molar-refractivity contribution in [1.82, 2.24) is 4.90 Å². The first kappa shape index (κ1) is 32.0. The third kappa shape index (κ3) is 10.4. The van der Waals surface area contributed by atoms with Gasteiger partial charge in [0.25, 0.3) is 0 Å². The molecule has 0 aromatic heterocycles. The highest BCUT2D eigenvalue weighted by Gasteiger charge is 2.27. The van der Waals surface area contributed by atoms with Gasteiger partial charge < -0.3 is 9.84 Å². The van der Waals surface area contributed by atoms with E-state index in [-0.39, 0.29) is 18.5 Å². The lowest BCUT2D eigenvalue weighted by Crippen LogP contribution is -2.39. The number of carboxylic acids is 1. The molecule has 2 atom stereocenters. The number of aryl methyl sites for hydroxylation is 1. The molecule has 4 aromatic carbocycles. The summed E-state index contributed by atoms with van der Waals surface area (Å²) in [6, 6.07) is 37.8. The van der Waals surface area contributed by atoms with Crippen molar-refractivity contribution in [3.63, 3.8) is 0 Å². The topological polar surface area (TPSA) is 49.8 Å². The van der Waals surface area contributed by atoms with Crippen LogP contribution >= 0.6 is 0 Å². The maximum atomic E-state index is 12.0. The van der Waals surface area contributed by atoms with Crippen molar-refractivity contribution in [3.8, 4) is 16.9 Å². The van der Waals surface area contributed by atoms with Gasteiger partial charge in [-0.15, -0.1) is 0 Å². The molecule has 4 nitrogen and oxygen atoms in total. The highest BCUT2D eigenvalue weighted by atomic mass is 16.5. The molecule has 0 aliphatic rings. The van der Waals surface area contributed by atoms with Gasteiger partial charge in [-0.05, 0) is 66.1 Å². The summed E-state index contributed by atoms with van der Waals surface area (Å²) in [6.07, 6.45) is 7.86. The first-order valence-electron chi connectivity index (χ1n) is 15.9. The average molecular weight is 578 g/mol. The van der Waals surface area contributed by atoms with Crippen LogP contribution in [0.1, 0.15) is 81.5 Å². The summed E-state index contributed by atoms with van der Waals surface area (Å²) in [7, 11) is 0. The fraction of sp³-hybridized carbons (Fsp3) is 0.359. The summed E-state index contributed by atoms with van der Waals surface area (Å²) in [5, 5.41) is 9.89. The number of benzene rings is 4. The van der Waals surface area contributed by atoms with Crippen LogP contribution < -0.4 is 4.74 Å². The quantitative estimate of drug-likeness (QED) is 0.120. The maximum Gasteiger partial charge on any atom is 0.304 e. The van der Waals surface area contributed by atoms with Gasteiger partial charge in [-0.25, -0.2) is 0 Å². The van der Waals surface area contributed by atoms with Gasteiger partial charge in [0.1, 0.15) is 5.75 Å². The first-order valence-corrected chi connectivity index (χ1v) is 15.9. The Morgan fingerprint density at radius 2 is 1.35 bits per heavy atom. The molecule has 0 spiro atoms. The average Bonchev–Trinajstić information content (AvgIpc) is 3.04. The van der Waals surface area contributed by atoms with E-state index in [0.717, 1.165) is 37.2 Å². The molecule has 4 rings (SSSR count). The number of rotatable bonds is 18. The van der Waals surface area contributed by atoms with E-state index in [4.69, 9.17) is 4.74 Å². The summed E-state index contributed by atoms with van der Waals surface area (Å²) in [6.45, 7) is 5.89. The van der Waals surface area contributed by atoms with Gasteiger partial charge in [0.05, 0.1) is 13.0 Å². The molecule has 4 aromatic rings. The first-order chi connectivity index (χ1) is 21.0. The number of aliphatic carboxylic acids is 1. The standard InChI is InChI=1S/C39H47NO3/c1-3-4-5-6-13-28-43-38-26-23-36(24-27-38)35-21-18-32(19-22-35)20-25-37(29-39(41)42)40(30-33-14-9-7-10-15-33)31(2)34-16-11-8-12-17-34/h7-12,14-19,21-24,26-27,31,37H,3-6,13,20,25,28-30H2,1-2H3,(H,41,42)/t31-,37-/m1/s1. The van der Waals surface area contributed by atoms with Crippen LogP contribution in [0.25, 0.3) is 11.1 Å². The van der Waals surface area contributed by atoms with Gasteiger partial charge >= 0.3 is 5.97 Å². The molecule has 0 heterocycles. The Hall–Kier alpha value is -3.89. The molecule has 4 heteroatoms. The Morgan fingerprint density at radius 1 is 0.744 bits per heavy atom. The minimum atomic E-state index is -0.761. The molecule has 0 aliphatic carbocycles. The van der Waals surface area contributed by atoms with E-state index >= 15 is 0 Å². The van der Waals surface area contributed by atoms with Crippen LogP contribution in [0.4, 0.5) is 0 Å². The smallest absolute Gasteiger partial charge is 0.304 e. The fourth-order valence-corrected chi connectivity index (χ4v) is 5.72. The van der Waals surface area contributed by atoms with Crippen molar-refractivity contribution in [2.24, 2.45) is 0 Å². The molecule has 0 fully saturated rings. The molecular formula is C39H47NO3. The molecule has 0 saturated carbocycles. The van der Waals surface area contributed by atoms with E-state index in [2.05, 4.69) is 104 Å². The van der Waals surface area contributed by atoms with Crippen molar-refractivity contribution in [1.29, 1.82) is 0 Å². The number of nitrogens with zero attached hydrogens (tertiary/aromatic N) is 1. The minimum absolute atomic E-state index is 0.0844. The van der Waals surface area contributed by atoms with Crippen LogP contribution in [-0.4, -0.2) is 28.6 Å². The Balaban J connectivity index is 1.40. The van der Waals surface area contributed by atoms with Crippen LogP contribution in [0.2, 0.25) is 0 Å². The van der Waals surface area contributed by atoms with Gasteiger partial charge in [0, 0.05) is 18.6 Å². The van der Waals surface area contributed by atoms with Crippen LogP contribution in [0.15, 0.2) is 109 Å². The van der Waals surface area contributed by atoms with Gasteiger partial charge in [-0.2, -0.15) is 0 Å². The van der Waals surface area contributed by atoms with Crippen molar-refractivity contribution in [2.45, 2.75) is 83.8 Å². The summed E-state index contributed by atoms with van der Waals surface area (Å²) >= 11 is 0. The lowest BCUT2D eigenvalue weighted by Gasteiger charge is -2.36. The molecule has 43 heavy (non-hydrogen) atoms. The second-order valence-electron chi connectivity index (χ2n) is 11.5. The van der Waals surface area contributed by atoms with Crippen molar-refractivity contribution < 1.29 is 14.6 Å². The van der Waals surface area contributed by atoms with Crippen molar-refractivity contribution in [3.05, 3.63) is 126 Å². The van der Waals surface area contributed by atoms with E-state index in [1.54, 1.807) is 0 Å². The van der Waals surface area contributed by atoms with Crippen molar-refractivity contribution in [2.75, 3.05) is 6.61 Å². The second-order valence-corrected chi connectivity index (χ2v) is 11.5. The maximum absolute atomic E-state index is 12.0. The number of hydrogen-bond acceptors (Lipinski definition) is 3. The molecule has 0 unspecified atom stereocenters. The monoisotopic (exact) mass is 577 g/mol. The summed E-state index contributed by atoms with van der Waals surface area (Å²) < 4.78 is 5.93. The second kappa shape index (κ2) is 17.3. The number of carbonyl (C=O) groups is 1. The van der Waals surface area contributed by atoms with E-state index in [0.29, 0.717) is 6.54 Å². The SMILES string of the molecule is CCCCCCCOc1ccc(-c2ccc(CC[C@H](CC(=O)O)N(Cc3ccccc3)[C@H](C)c3ccccc3)cc2)cc1. The highest BCUT2D eigenvalue weighted by Crippen LogP contribution is 2.29. The van der Waals surface area contributed by atoms with E-state index < -0.39 is 5.97 Å². The Morgan fingerprint density at radius 3 is 1.98 bits per heavy atom. The third-order valence-electron chi connectivity index (χ3n) is 8.29. The molecule has 0 amide bonds. The zero-order chi connectivity index (χ0) is 30.3. The van der Waals surface area contributed by atoms with Gasteiger partial charge in [0.2, 0.25) is 0 Å². The molecule has 226 valence electrons. The van der Waals surface area contributed by atoms with E-state index in [1.165, 1.54) is 47.9 Å². The zero-order valence-electron chi connectivity index (χ0n) is 25.8. The molecule has 1 N–H and O–H groups in total. The molecule has 0 aliphatic heterocycles. The van der Waals surface area contributed by atoms with Gasteiger partial charge in [0.15, 0.2) is 0 Å². The fourth-order valence-electron chi connectivity index (χ4n) is 5.72. The highest BCUT2D eigenvalue weighted by molar-refractivity contribution is 5.67. The minimum Gasteiger partial charge on any atom is -0.494 e. The number of ether oxygens (including phenoxy) is 1. The van der Waals surface area contributed by atoms with E-state index in [9.17, 15) is 9.90 Å². The summed E-state index contributed by atoms with van der Waals surface area (Å²) in [5.41, 5.74) is 5.93. The summed E-state index contributed by atoms with van der Waals surface area (Å²) in [4.78, 5) is 14.4.